The van der Waals surface area contributed by atoms with E-state index in [-0.39, 0.29) is 11.5 Å². The van der Waals surface area contributed by atoms with E-state index in [0.717, 1.165) is 13.1 Å². The van der Waals surface area contributed by atoms with Gasteiger partial charge in [0.05, 0.1) is 5.56 Å². The average molecular weight is 355 g/mol. The van der Waals surface area contributed by atoms with E-state index in [1.807, 2.05) is 25.2 Å². The van der Waals surface area contributed by atoms with Crippen molar-refractivity contribution in [1.82, 2.24) is 15.1 Å². The van der Waals surface area contributed by atoms with Gasteiger partial charge < -0.3 is 15.1 Å². The van der Waals surface area contributed by atoms with Gasteiger partial charge in [-0.2, -0.15) is 0 Å². The number of nitrogens with zero attached hydrogens (tertiary/aromatic N) is 2. The molecule has 0 saturated carbocycles. The molecule has 0 spiro atoms. The maximum Gasteiger partial charge on any atom is 0.255 e. The van der Waals surface area contributed by atoms with Crippen molar-refractivity contribution in [3.05, 3.63) is 71.5 Å². The van der Waals surface area contributed by atoms with Gasteiger partial charge in [0.25, 0.3) is 5.91 Å². The summed E-state index contributed by atoms with van der Waals surface area (Å²) in [5.74, 6) is -1.38. The fraction of sp³-hybridized carbons (Fsp3) is 0.300. The fourth-order valence-electron chi connectivity index (χ4n) is 3.00. The fourth-order valence-corrected chi connectivity index (χ4v) is 3.00. The summed E-state index contributed by atoms with van der Waals surface area (Å²) in [5, 5.41) is 2.71. The summed E-state index contributed by atoms with van der Waals surface area (Å²) < 4.78 is 13.9. The van der Waals surface area contributed by atoms with Crippen molar-refractivity contribution in [3.8, 4) is 0 Å². The van der Waals surface area contributed by atoms with E-state index in [4.69, 9.17) is 0 Å². The lowest BCUT2D eigenvalue weighted by Gasteiger charge is -2.35. The van der Waals surface area contributed by atoms with Crippen LogP contribution in [0.25, 0.3) is 0 Å². The van der Waals surface area contributed by atoms with Gasteiger partial charge in [0.15, 0.2) is 0 Å². The second kappa shape index (κ2) is 8.10. The molecule has 1 atom stereocenters. The number of carbonyl (C=O) groups excluding carboxylic acids is 2. The Morgan fingerprint density at radius 3 is 2.23 bits per heavy atom. The maximum absolute atomic E-state index is 13.9. The van der Waals surface area contributed by atoms with E-state index >= 15 is 0 Å². The van der Waals surface area contributed by atoms with Gasteiger partial charge in [-0.3, -0.25) is 9.59 Å². The van der Waals surface area contributed by atoms with Crippen molar-refractivity contribution in [2.24, 2.45) is 0 Å². The number of carbonyl (C=O) groups is 2. The quantitative estimate of drug-likeness (QED) is 0.914. The SMILES string of the molecule is CN1CCN(C(=O)[C@@H](NC(=O)c2ccccc2F)c2ccccc2)CC1. The van der Waals surface area contributed by atoms with Crippen molar-refractivity contribution in [1.29, 1.82) is 0 Å². The Morgan fingerprint density at radius 2 is 1.58 bits per heavy atom. The van der Waals surface area contributed by atoms with Crippen LogP contribution in [-0.2, 0) is 4.79 Å². The van der Waals surface area contributed by atoms with Crippen LogP contribution in [0.2, 0.25) is 0 Å². The molecule has 1 aliphatic heterocycles. The molecule has 0 aromatic heterocycles. The molecule has 2 aromatic carbocycles. The van der Waals surface area contributed by atoms with Gasteiger partial charge in [0, 0.05) is 26.2 Å². The van der Waals surface area contributed by atoms with Gasteiger partial charge in [-0.05, 0) is 24.7 Å². The number of halogens is 1. The number of hydrogen-bond acceptors (Lipinski definition) is 3. The molecule has 136 valence electrons. The van der Waals surface area contributed by atoms with Crippen molar-refractivity contribution < 1.29 is 14.0 Å². The van der Waals surface area contributed by atoms with E-state index < -0.39 is 17.8 Å². The highest BCUT2D eigenvalue weighted by Gasteiger charge is 2.29. The van der Waals surface area contributed by atoms with E-state index in [1.165, 1.54) is 18.2 Å². The van der Waals surface area contributed by atoms with Crippen LogP contribution in [0.15, 0.2) is 54.6 Å². The standard InChI is InChI=1S/C20H22FN3O2/c1-23-11-13-24(14-12-23)20(26)18(15-7-3-2-4-8-15)22-19(25)16-9-5-6-10-17(16)21/h2-10,18H,11-14H2,1H3,(H,22,25)/t18-/m0/s1. The maximum atomic E-state index is 13.9. The molecule has 1 aliphatic rings. The van der Waals surface area contributed by atoms with Crippen molar-refractivity contribution >= 4 is 11.8 Å². The van der Waals surface area contributed by atoms with E-state index in [0.29, 0.717) is 18.7 Å². The Balaban J connectivity index is 1.83. The first-order valence-corrected chi connectivity index (χ1v) is 8.64. The smallest absolute Gasteiger partial charge is 0.255 e. The van der Waals surface area contributed by atoms with Crippen molar-refractivity contribution in [3.63, 3.8) is 0 Å². The van der Waals surface area contributed by atoms with Gasteiger partial charge in [0.2, 0.25) is 5.91 Å². The van der Waals surface area contributed by atoms with E-state index in [9.17, 15) is 14.0 Å². The molecule has 0 bridgehead atoms. The van der Waals surface area contributed by atoms with Crippen LogP contribution in [0, 0.1) is 5.82 Å². The summed E-state index contributed by atoms with van der Waals surface area (Å²) in [7, 11) is 2.01. The number of rotatable bonds is 4. The monoisotopic (exact) mass is 355 g/mol. The zero-order valence-electron chi connectivity index (χ0n) is 14.7. The first-order valence-electron chi connectivity index (χ1n) is 8.64. The molecular formula is C20H22FN3O2. The first kappa shape index (κ1) is 18.1. The minimum atomic E-state index is -0.841. The molecule has 0 radical (unpaired) electrons. The number of hydrogen-bond donors (Lipinski definition) is 1. The molecule has 2 aromatic rings. The molecule has 0 aliphatic carbocycles. The molecule has 1 saturated heterocycles. The second-order valence-corrected chi connectivity index (χ2v) is 6.43. The molecular weight excluding hydrogens is 333 g/mol. The summed E-state index contributed by atoms with van der Waals surface area (Å²) in [4.78, 5) is 29.5. The molecule has 0 unspecified atom stereocenters. The van der Waals surface area contributed by atoms with Gasteiger partial charge in [-0.15, -0.1) is 0 Å². The lowest BCUT2D eigenvalue weighted by atomic mass is 10.0. The van der Waals surface area contributed by atoms with Crippen LogP contribution in [0.1, 0.15) is 22.0 Å². The minimum Gasteiger partial charge on any atom is -0.338 e. The Kier molecular flexibility index (Phi) is 5.63. The van der Waals surface area contributed by atoms with E-state index in [1.54, 1.807) is 23.1 Å². The number of amides is 2. The zero-order valence-corrected chi connectivity index (χ0v) is 14.7. The largest absolute Gasteiger partial charge is 0.338 e. The summed E-state index contributed by atoms with van der Waals surface area (Å²) in [6.07, 6.45) is 0. The van der Waals surface area contributed by atoms with Gasteiger partial charge in [-0.25, -0.2) is 4.39 Å². The molecule has 3 rings (SSSR count). The molecule has 1 fully saturated rings. The van der Waals surface area contributed by atoms with Crippen molar-refractivity contribution in [2.75, 3.05) is 33.2 Å². The van der Waals surface area contributed by atoms with Gasteiger partial charge in [-0.1, -0.05) is 42.5 Å². The summed E-state index contributed by atoms with van der Waals surface area (Å²) in [6.45, 7) is 2.78. The third-order valence-electron chi connectivity index (χ3n) is 4.59. The van der Waals surface area contributed by atoms with Crippen LogP contribution >= 0.6 is 0 Å². The highest BCUT2D eigenvalue weighted by Crippen LogP contribution is 2.18. The number of likely N-dealkylation sites (N-methyl/N-ethyl adjacent to an activating group) is 1. The zero-order chi connectivity index (χ0) is 18.5. The van der Waals surface area contributed by atoms with Crippen LogP contribution in [0.3, 0.4) is 0 Å². The Morgan fingerprint density at radius 1 is 0.962 bits per heavy atom. The number of piperazine rings is 1. The minimum absolute atomic E-state index is 0.0698. The summed E-state index contributed by atoms with van der Waals surface area (Å²) >= 11 is 0. The third kappa shape index (κ3) is 4.08. The van der Waals surface area contributed by atoms with Crippen LogP contribution < -0.4 is 5.32 Å². The number of nitrogens with one attached hydrogen (secondary N) is 1. The highest BCUT2D eigenvalue weighted by molar-refractivity contribution is 5.98. The van der Waals surface area contributed by atoms with Crippen molar-refractivity contribution in [2.45, 2.75) is 6.04 Å². The summed E-state index contributed by atoms with van der Waals surface area (Å²) in [6, 6.07) is 14.0. The third-order valence-corrected chi connectivity index (χ3v) is 4.59. The molecule has 2 amide bonds. The second-order valence-electron chi connectivity index (χ2n) is 6.43. The Labute approximate surface area is 152 Å². The van der Waals surface area contributed by atoms with Crippen LogP contribution in [-0.4, -0.2) is 54.8 Å². The Hall–Kier alpha value is -2.73. The molecule has 1 N–H and O–H groups in total. The number of benzene rings is 2. The molecule has 5 nitrogen and oxygen atoms in total. The predicted molar refractivity (Wildman–Crippen MR) is 97.1 cm³/mol. The van der Waals surface area contributed by atoms with Gasteiger partial charge >= 0.3 is 0 Å². The topological polar surface area (TPSA) is 52.6 Å². The molecule has 6 heteroatoms. The Bertz CT molecular complexity index is 774. The molecule has 26 heavy (non-hydrogen) atoms. The van der Waals surface area contributed by atoms with Crippen LogP contribution in [0.5, 0.6) is 0 Å². The van der Waals surface area contributed by atoms with E-state index in [2.05, 4.69) is 10.2 Å². The van der Waals surface area contributed by atoms with Crippen LogP contribution in [0.4, 0.5) is 4.39 Å². The summed E-state index contributed by atoms with van der Waals surface area (Å²) in [5.41, 5.74) is 0.612. The first-order chi connectivity index (χ1) is 12.6. The lowest BCUT2D eigenvalue weighted by Crippen LogP contribution is -2.51. The van der Waals surface area contributed by atoms with Gasteiger partial charge in [0.1, 0.15) is 11.9 Å². The highest BCUT2D eigenvalue weighted by atomic mass is 19.1. The molecule has 1 heterocycles. The lowest BCUT2D eigenvalue weighted by molar-refractivity contribution is -0.135. The normalized spacial score (nSPS) is 16.2. The average Bonchev–Trinajstić information content (AvgIpc) is 2.67. The predicted octanol–water partition coefficient (Wildman–Crippen LogP) is 2.07.